The van der Waals surface area contributed by atoms with Crippen molar-refractivity contribution in [3.8, 4) is 0 Å². The summed E-state index contributed by atoms with van der Waals surface area (Å²) in [7, 11) is 0. The smallest absolute Gasteiger partial charge is 0.189 e. The second kappa shape index (κ2) is 6.46. The monoisotopic (exact) mass is 266 g/mol. The first kappa shape index (κ1) is 13.7. The number of morpholine rings is 1. The van der Waals surface area contributed by atoms with Crippen LogP contribution in [0.2, 0.25) is 0 Å². The van der Waals surface area contributed by atoms with Crippen LogP contribution < -0.4 is 5.73 Å². The van der Waals surface area contributed by atoms with Crippen LogP contribution >= 0.6 is 0 Å². The van der Waals surface area contributed by atoms with Gasteiger partial charge in [0, 0.05) is 19.3 Å². The Morgan fingerprint density at radius 1 is 1.63 bits per heavy atom. The minimum Gasteiger partial charge on any atom is -0.409 e. The van der Waals surface area contributed by atoms with Crippen LogP contribution in [-0.4, -0.2) is 58.4 Å². The number of amidine groups is 1. The largest absolute Gasteiger partial charge is 0.409 e. The third-order valence-electron chi connectivity index (χ3n) is 3.18. The van der Waals surface area contributed by atoms with Crippen LogP contribution in [0.5, 0.6) is 0 Å². The van der Waals surface area contributed by atoms with Crippen molar-refractivity contribution in [3.05, 3.63) is 29.6 Å². The van der Waals surface area contributed by atoms with E-state index in [1.165, 1.54) is 0 Å². The molecule has 2 rings (SSSR count). The fraction of sp³-hybridized carbons (Fsp3) is 0.500. The Hall–Kier alpha value is -1.70. The first-order valence-corrected chi connectivity index (χ1v) is 6.10. The maximum atomic E-state index is 9.34. The number of hydrogen-bond acceptors (Lipinski definition) is 6. The van der Waals surface area contributed by atoms with Gasteiger partial charge in [0.25, 0.3) is 0 Å². The lowest BCUT2D eigenvalue weighted by atomic mass is 10.1. The highest BCUT2D eigenvalue weighted by atomic mass is 16.5. The van der Waals surface area contributed by atoms with E-state index >= 15 is 0 Å². The lowest BCUT2D eigenvalue weighted by Gasteiger charge is -2.34. The average molecular weight is 266 g/mol. The van der Waals surface area contributed by atoms with E-state index in [0.29, 0.717) is 25.5 Å². The number of nitrogens with two attached hydrogens (primary N) is 1. The van der Waals surface area contributed by atoms with Crippen molar-refractivity contribution in [2.75, 3.05) is 26.4 Å². The molecule has 2 heterocycles. The van der Waals surface area contributed by atoms with Crippen LogP contribution in [0.4, 0.5) is 0 Å². The molecule has 0 spiro atoms. The summed E-state index contributed by atoms with van der Waals surface area (Å²) >= 11 is 0. The molecule has 1 aromatic rings. The molecule has 1 aliphatic rings. The van der Waals surface area contributed by atoms with Gasteiger partial charge in [-0.05, 0) is 11.6 Å². The zero-order valence-corrected chi connectivity index (χ0v) is 10.6. The van der Waals surface area contributed by atoms with Gasteiger partial charge in [0.15, 0.2) is 5.84 Å². The minimum atomic E-state index is -0.0332. The standard InChI is InChI=1S/C12H18N4O3/c13-12(15-18)11-9(2-1-3-14-11)6-16-4-5-19-8-10(16)7-17/h1-3,10,17-18H,4-8H2,(H2,13,15). The molecule has 0 amide bonds. The number of pyridine rings is 1. The molecule has 0 bridgehead atoms. The van der Waals surface area contributed by atoms with Gasteiger partial charge in [-0.15, -0.1) is 0 Å². The van der Waals surface area contributed by atoms with Crippen LogP contribution in [0.3, 0.4) is 0 Å². The number of aliphatic hydroxyl groups is 1. The van der Waals surface area contributed by atoms with Crippen LogP contribution in [0.15, 0.2) is 23.5 Å². The van der Waals surface area contributed by atoms with E-state index in [9.17, 15) is 5.11 Å². The SMILES string of the molecule is N/C(=N/O)c1ncccc1CN1CCOCC1CO. The quantitative estimate of drug-likeness (QED) is 0.290. The Balaban J connectivity index is 2.18. The molecule has 1 saturated heterocycles. The third-order valence-corrected chi connectivity index (χ3v) is 3.18. The van der Waals surface area contributed by atoms with Crippen molar-refractivity contribution in [1.29, 1.82) is 0 Å². The molecule has 1 fully saturated rings. The van der Waals surface area contributed by atoms with Gasteiger partial charge >= 0.3 is 0 Å². The molecule has 0 radical (unpaired) electrons. The first-order valence-electron chi connectivity index (χ1n) is 6.10. The van der Waals surface area contributed by atoms with Crippen molar-refractivity contribution in [3.63, 3.8) is 0 Å². The molecule has 0 saturated carbocycles. The lowest BCUT2D eigenvalue weighted by molar-refractivity contribution is -0.0313. The molecule has 4 N–H and O–H groups in total. The summed E-state index contributed by atoms with van der Waals surface area (Å²) in [6, 6.07) is 3.65. The fourth-order valence-corrected chi connectivity index (χ4v) is 2.13. The van der Waals surface area contributed by atoms with E-state index < -0.39 is 0 Å². The van der Waals surface area contributed by atoms with Crippen molar-refractivity contribution < 1.29 is 15.1 Å². The minimum absolute atomic E-state index is 0.00981. The highest BCUT2D eigenvalue weighted by Gasteiger charge is 2.23. The Morgan fingerprint density at radius 2 is 2.47 bits per heavy atom. The van der Waals surface area contributed by atoms with Crippen molar-refractivity contribution in [2.24, 2.45) is 10.9 Å². The maximum absolute atomic E-state index is 9.34. The van der Waals surface area contributed by atoms with E-state index in [2.05, 4.69) is 15.0 Å². The number of hydrogen-bond donors (Lipinski definition) is 3. The van der Waals surface area contributed by atoms with Gasteiger partial charge in [0.05, 0.1) is 25.9 Å². The molecule has 7 nitrogen and oxygen atoms in total. The molecule has 7 heteroatoms. The van der Waals surface area contributed by atoms with Crippen LogP contribution in [-0.2, 0) is 11.3 Å². The van der Waals surface area contributed by atoms with Crippen LogP contribution in [0.1, 0.15) is 11.3 Å². The molecule has 1 unspecified atom stereocenters. The topological polar surface area (TPSA) is 104 Å². The number of nitrogens with zero attached hydrogens (tertiary/aromatic N) is 3. The van der Waals surface area contributed by atoms with Gasteiger partial charge in [-0.1, -0.05) is 11.2 Å². The first-order chi connectivity index (χ1) is 9.26. The lowest BCUT2D eigenvalue weighted by Crippen LogP contribution is -2.47. The molecule has 0 aromatic carbocycles. The number of aliphatic hydroxyl groups excluding tert-OH is 1. The highest BCUT2D eigenvalue weighted by Crippen LogP contribution is 2.14. The number of aromatic nitrogens is 1. The van der Waals surface area contributed by atoms with E-state index in [-0.39, 0.29) is 18.5 Å². The molecular formula is C12H18N4O3. The van der Waals surface area contributed by atoms with E-state index in [4.69, 9.17) is 15.7 Å². The average Bonchev–Trinajstić information content (AvgIpc) is 2.47. The van der Waals surface area contributed by atoms with Gasteiger partial charge in [-0.3, -0.25) is 9.88 Å². The van der Waals surface area contributed by atoms with Crippen LogP contribution in [0, 0.1) is 0 Å². The molecule has 1 atom stereocenters. The van der Waals surface area contributed by atoms with Gasteiger partial charge in [0.1, 0.15) is 5.69 Å². The third kappa shape index (κ3) is 3.19. The molecule has 19 heavy (non-hydrogen) atoms. The molecule has 104 valence electrons. The predicted molar refractivity (Wildman–Crippen MR) is 68.9 cm³/mol. The summed E-state index contributed by atoms with van der Waals surface area (Å²) < 4.78 is 5.33. The summed E-state index contributed by atoms with van der Waals surface area (Å²) in [5.41, 5.74) is 6.94. The molecular weight excluding hydrogens is 248 g/mol. The predicted octanol–water partition coefficient (Wildman–Crippen LogP) is -0.631. The normalized spacial score (nSPS) is 21.5. The zero-order valence-electron chi connectivity index (χ0n) is 10.6. The maximum Gasteiger partial charge on any atom is 0.189 e. The van der Waals surface area contributed by atoms with Crippen molar-refractivity contribution in [1.82, 2.24) is 9.88 Å². The van der Waals surface area contributed by atoms with Gasteiger partial charge < -0.3 is 20.8 Å². The van der Waals surface area contributed by atoms with Gasteiger partial charge in [-0.25, -0.2) is 0 Å². The highest BCUT2D eigenvalue weighted by molar-refractivity contribution is 5.96. The Morgan fingerprint density at radius 3 is 3.21 bits per heavy atom. The number of rotatable bonds is 4. The summed E-state index contributed by atoms with van der Waals surface area (Å²) in [4.78, 5) is 6.24. The Labute approximate surface area is 111 Å². The Kier molecular flexibility index (Phi) is 4.67. The summed E-state index contributed by atoms with van der Waals surface area (Å²) in [5, 5.41) is 21.1. The second-order valence-corrected chi connectivity index (χ2v) is 4.38. The number of oxime groups is 1. The second-order valence-electron chi connectivity index (χ2n) is 4.38. The summed E-state index contributed by atoms with van der Waals surface area (Å²) in [6.45, 7) is 2.49. The number of ether oxygens (including phenoxy) is 1. The zero-order chi connectivity index (χ0) is 13.7. The van der Waals surface area contributed by atoms with Crippen molar-refractivity contribution in [2.45, 2.75) is 12.6 Å². The van der Waals surface area contributed by atoms with E-state index in [1.54, 1.807) is 12.3 Å². The van der Waals surface area contributed by atoms with Gasteiger partial charge in [-0.2, -0.15) is 0 Å². The van der Waals surface area contributed by atoms with Gasteiger partial charge in [0.2, 0.25) is 0 Å². The fourth-order valence-electron chi connectivity index (χ4n) is 2.13. The molecule has 1 aromatic heterocycles. The van der Waals surface area contributed by atoms with E-state index in [1.807, 2.05) is 6.07 Å². The van der Waals surface area contributed by atoms with Crippen LogP contribution in [0.25, 0.3) is 0 Å². The van der Waals surface area contributed by atoms with Crippen molar-refractivity contribution >= 4 is 5.84 Å². The van der Waals surface area contributed by atoms with E-state index in [0.717, 1.165) is 12.1 Å². The summed E-state index contributed by atoms with van der Waals surface area (Å²) in [5.74, 6) is -0.00981. The summed E-state index contributed by atoms with van der Waals surface area (Å²) in [6.07, 6.45) is 1.60. The Bertz CT molecular complexity index is 452. The molecule has 0 aliphatic carbocycles. The molecule has 1 aliphatic heterocycles.